The van der Waals surface area contributed by atoms with Gasteiger partial charge in [-0.25, -0.2) is 0 Å². The van der Waals surface area contributed by atoms with Crippen LogP contribution in [0.5, 0.6) is 0 Å². The van der Waals surface area contributed by atoms with Crippen molar-refractivity contribution >= 4 is 11.8 Å². The average Bonchev–Trinajstić information content (AvgIpc) is 2.73. The van der Waals surface area contributed by atoms with Crippen molar-refractivity contribution in [1.29, 1.82) is 0 Å². The molecule has 6 atom stereocenters. The summed E-state index contributed by atoms with van der Waals surface area (Å²) in [6, 6.07) is 0. The molecule has 1 aliphatic heterocycles. The Hall–Kier alpha value is -1.16. The molecule has 0 unspecified atom stereocenters. The first kappa shape index (κ1) is 14.8. The molecule has 1 saturated heterocycles. The quantitative estimate of drug-likeness (QED) is 0.624. The Balaban J connectivity index is 1.93. The second-order valence-corrected chi connectivity index (χ2v) is 7.00. The lowest BCUT2D eigenvalue weighted by atomic mass is 9.62. The van der Waals surface area contributed by atoms with Gasteiger partial charge < -0.3 is 5.11 Å². The van der Waals surface area contributed by atoms with Crippen molar-refractivity contribution in [1.82, 2.24) is 4.90 Å². The van der Waals surface area contributed by atoms with Gasteiger partial charge in [0, 0.05) is 13.7 Å². The fourth-order valence-electron chi connectivity index (χ4n) is 4.74. The van der Waals surface area contributed by atoms with Crippen LogP contribution in [0.1, 0.15) is 32.6 Å². The number of hydrogen-bond donors (Lipinski definition) is 1. The molecule has 2 aliphatic carbocycles. The maximum absolute atomic E-state index is 12.6. The largest absolute Gasteiger partial charge is 0.396 e. The van der Waals surface area contributed by atoms with Crippen LogP contribution in [0.15, 0.2) is 12.2 Å². The van der Waals surface area contributed by atoms with Crippen LogP contribution in [-0.2, 0) is 9.59 Å². The summed E-state index contributed by atoms with van der Waals surface area (Å²) >= 11 is 0. The number of aliphatic hydroxyl groups is 1. The van der Waals surface area contributed by atoms with E-state index in [1.807, 2.05) is 6.92 Å². The summed E-state index contributed by atoms with van der Waals surface area (Å²) in [6.45, 7) is 2.22. The lowest BCUT2D eigenvalue weighted by Gasteiger charge is -2.40. The molecule has 2 fully saturated rings. The Kier molecular flexibility index (Phi) is 3.91. The third-order valence-electron chi connectivity index (χ3n) is 5.93. The molecule has 0 spiro atoms. The van der Waals surface area contributed by atoms with Crippen LogP contribution in [-0.4, -0.2) is 35.5 Å². The van der Waals surface area contributed by atoms with E-state index in [2.05, 4.69) is 12.2 Å². The topological polar surface area (TPSA) is 57.6 Å². The first-order chi connectivity index (χ1) is 10.1. The molecule has 0 aromatic heterocycles. The van der Waals surface area contributed by atoms with E-state index in [9.17, 15) is 14.7 Å². The molecule has 2 amide bonds. The monoisotopic (exact) mass is 291 g/mol. The molecule has 3 aliphatic rings. The van der Waals surface area contributed by atoms with Crippen LogP contribution in [0.3, 0.4) is 0 Å². The summed E-state index contributed by atoms with van der Waals surface area (Å²) in [7, 11) is 1.61. The molecule has 21 heavy (non-hydrogen) atoms. The van der Waals surface area contributed by atoms with Crippen molar-refractivity contribution in [2.75, 3.05) is 13.7 Å². The molecule has 116 valence electrons. The molecule has 0 aromatic rings. The van der Waals surface area contributed by atoms with Crippen molar-refractivity contribution in [3.05, 3.63) is 12.2 Å². The SMILES string of the molecule is C[C@@H]1C=C[C@H]([C@@H]2CCCC[C@H]2CO)[C@@H]2C(=O)N(C)C(=O)[C@@H]21. The maximum Gasteiger partial charge on any atom is 0.233 e. The van der Waals surface area contributed by atoms with Crippen LogP contribution in [0, 0.1) is 35.5 Å². The summed E-state index contributed by atoms with van der Waals surface area (Å²) in [5.41, 5.74) is 0. The number of aliphatic hydroxyl groups excluding tert-OH is 1. The van der Waals surface area contributed by atoms with Gasteiger partial charge in [-0.05, 0) is 36.5 Å². The highest BCUT2D eigenvalue weighted by atomic mass is 16.3. The zero-order chi connectivity index (χ0) is 15.1. The van der Waals surface area contributed by atoms with Gasteiger partial charge in [0.1, 0.15) is 0 Å². The van der Waals surface area contributed by atoms with E-state index >= 15 is 0 Å². The molecular formula is C17H25NO3. The Morgan fingerprint density at radius 2 is 1.81 bits per heavy atom. The van der Waals surface area contributed by atoms with Crippen LogP contribution in [0.4, 0.5) is 0 Å². The van der Waals surface area contributed by atoms with Crippen LogP contribution in [0.25, 0.3) is 0 Å². The average molecular weight is 291 g/mol. The zero-order valence-electron chi connectivity index (χ0n) is 12.9. The van der Waals surface area contributed by atoms with Crippen molar-refractivity contribution < 1.29 is 14.7 Å². The molecule has 3 rings (SSSR count). The number of likely N-dealkylation sites (tertiary alicyclic amines) is 1. The van der Waals surface area contributed by atoms with Gasteiger partial charge in [0.15, 0.2) is 0 Å². The number of nitrogens with zero attached hydrogens (tertiary/aromatic N) is 1. The van der Waals surface area contributed by atoms with E-state index in [1.54, 1.807) is 7.05 Å². The number of hydrogen-bond acceptors (Lipinski definition) is 3. The van der Waals surface area contributed by atoms with Gasteiger partial charge in [0.25, 0.3) is 0 Å². The molecular weight excluding hydrogens is 266 g/mol. The highest BCUT2D eigenvalue weighted by molar-refractivity contribution is 6.05. The van der Waals surface area contributed by atoms with Crippen molar-refractivity contribution in [2.45, 2.75) is 32.6 Å². The minimum Gasteiger partial charge on any atom is -0.396 e. The normalized spacial score (nSPS) is 43.3. The molecule has 1 saturated carbocycles. The fraction of sp³-hybridized carbons (Fsp3) is 0.765. The smallest absolute Gasteiger partial charge is 0.233 e. The highest BCUT2D eigenvalue weighted by Gasteiger charge is 2.54. The summed E-state index contributed by atoms with van der Waals surface area (Å²) < 4.78 is 0. The molecule has 0 aromatic carbocycles. The van der Waals surface area contributed by atoms with E-state index in [0.29, 0.717) is 5.92 Å². The van der Waals surface area contributed by atoms with E-state index in [0.717, 1.165) is 25.7 Å². The summed E-state index contributed by atoms with van der Waals surface area (Å²) in [6.07, 6.45) is 8.69. The molecule has 0 bridgehead atoms. The Morgan fingerprint density at radius 1 is 1.14 bits per heavy atom. The third kappa shape index (κ3) is 2.24. The third-order valence-corrected chi connectivity index (χ3v) is 5.93. The van der Waals surface area contributed by atoms with Crippen molar-refractivity contribution in [2.24, 2.45) is 35.5 Å². The molecule has 0 radical (unpaired) electrons. The molecule has 1 N–H and O–H groups in total. The van der Waals surface area contributed by atoms with Gasteiger partial charge in [-0.1, -0.05) is 31.9 Å². The van der Waals surface area contributed by atoms with Crippen LogP contribution < -0.4 is 0 Å². The second-order valence-electron chi connectivity index (χ2n) is 7.00. The number of amides is 2. The number of rotatable bonds is 2. The van der Waals surface area contributed by atoms with Crippen molar-refractivity contribution in [3.63, 3.8) is 0 Å². The van der Waals surface area contributed by atoms with Gasteiger partial charge in [0.2, 0.25) is 11.8 Å². The van der Waals surface area contributed by atoms with Gasteiger partial charge in [0.05, 0.1) is 11.8 Å². The highest BCUT2D eigenvalue weighted by Crippen LogP contribution is 2.48. The Bertz CT molecular complexity index is 473. The van der Waals surface area contributed by atoms with E-state index < -0.39 is 0 Å². The predicted octanol–water partition coefficient (Wildman–Crippen LogP) is 1.84. The molecule has 4 heteroatoms. The number of allylic oxidation sites excluding steroid dienone is 2. The standard InChI is InChI=1S/C17H25NO3/c1-10-7-8-13(12-6-4-3-5-11(12)9-19)15-14(10)16(20)18(2)17(15)21/h7-8,10-15,19H,3-6,9H2,1-2H3/t10-,11+,12-,13-,14-,15+/m1/s1. The number of carbonyl (C=O) groups excluding carboxylic acids is 2. The van der Waals surface area contributed by atoms with Crippen LogP contribution in [0.2, 0.25) is 0 Å². The first-order valence-corrected chi connectivity index (χ1v) is 8.17. The van der Waals surface area contributed by atoms with E-state index in [4.69, 9.17) is 0 Å². The van der Waals surface area contributed by atoms with Gasteiger partial charge in [-0.2, -0.15) is 0 Å². The first-order valence-electron chi connectivity index (χ1n) is 8.17. The second kappa shape index (κ2) is 5.56. The van der Waals surface area contributed by atoms with Gasteiger partial charge in [-0.15, -0.1) is 0 Å². The van der Waals surface area contributed by atoms with Gasteiger partial charge >= 0.3 is 0 Å². The summed E-state index contributed by atoms with van der Waals surface area (Å²) in [5.74, 6) is 0.406. The summed E-state index contributed by atoms with van der Waals surface area (Å²) in [5, 5.41) is 9.67. The van der Waals surface area contributed by atoms with Gasteiger partial charge in [-0.3, -0.25) is 14.5 Å². The maximum atomic E-state index is 12.6. The predicted molar refractivity (Wildman–Crippen MR) is 79.1 cm³/mol. The Labute approximate surface area is 126 Å². The number of carbonyl (C=O) groups is 2. The molecule has 4 nitrogen and oxygen atoms in total. The van der Waals surface area contributed by atoms with Crippen molar-refractivity contribution in [3.8, 4) is 0 Å². The fourth-order valence-corrected chi connectivity index (χ4v) is 4.74. The number of fused-ring (bicyclic) bond motifs is 1. The van der Waals surface area contributed by atoms with E-state index in [1.165, 1.54) is 4.90 Å². The number of imide groups is 1. The Morgan fingerprint density at radius 3 is 2.52 bits per heavy atom. The lowest BCUT2D eigenvalue weighted by Crippen LogP contribution is -2.40. The van der Waals surface area contributed by atoms with E-state index in [-0.39, 0.29) is 48.0 Å². The van der Waals surface area contributed by atoms with Crippen LogP contribution >= 0.6 is 0 Å². The minimum absolute atomic E-state index is 0.0199. The minimum atomic E-state index is -0.209. The molecule has 1 heterocycles. The zero-order valence-corrected chi connectivity index (χ0v) is 12.9. The lowest BCUT2D eigenvalue weighted by molar-refractivity contribution is -0.138. The summed E-state index contributed by atoms with van der Waals surface area (Å²) in [4.78, 5) is 26.2.